The standard InChI is InChI=1S/C27H26F4N2O2S/c1-36-21-6-7-22(19-3-2-4-20(28)14-19)23(15-21)27(34)33-11-9-32(10-12-33)25-8-5-18(13-24(25)29)16-35-17-26(30)31/h2-8,13-15,26H,9-12,16-17H2,1H3. The van der Waals surface area contributed by atoms with Gasteiger partial charge in [-0.15, -0.1) is 11.8 Å². The number of carbonyl (C=O) groups excluding carboxylic acids is 1. The molecule has 0 atom stereocenters. The topological polar surface area (TPSA) is 32.8 Å². The Morgan fingerprint density at radius 3 is 2.44 bits per heavy atom. The van der Waals surface area contributed by atoms with E-state index in [0.29, 0.717) is 54.1 Å². The van der Waals surface area contributed by atoms with Gasteiger partial charge in [0.05, 0.1) is 12.3 Å². The van der Waals surface area contributed by atoms with E-state index in [1.165, 1.54) is 30.0 Å². The Hall–Kier alpha value is -3.04. The minimum absolute atomic E-state index is 0.0907. The van der Waals surface area contributed by atoms with Gasteiger partial charge in [0.1, 0.15) is 18.2 Å². The van der Waals surface area contributed by atoms with Crippen LogP contribution in [-0.4, -0.2) is 56.3 Å². The Labute approximate surface area is 211 Å². The van der Waals surface area contributed by atoms with Crippen LogP contribution in [0.15, 0.2) is 65.6 Å². The zero-order valence-corrected chi connectivity index (χ0v) is 20.5. The Bertz CT molecular complexity index is 1220. The number of hydrogen-bond acceptors (Lipinski definition) is 4. The number of thioether (sulfide) groups is 1. The van der Waals surface area contributed by atoms with Crippen molar-refractivity contribution in [2.75, 3.05) is 43.9 Å². The summed E-state index contributed by atoms with van der Waals surface area (Å²) in [4.78, 5) is 18.0. The number of piperazine rings is 1. The molecular formula is C27H26F4N2O2S. The van der Waals surface area contributed by atoms with Gasteiger partial charge in [-0.3, -0.25) is 4.79 Å². The van der Waals surface area contributed by atoms with Crippen LogP contribution in [0.25, 0.3) is 11.1 Å². The molecular weight excluding hydrogens is 492 g/mol. The molecule has 0 unspecified atom stereocenters. The van der Waals surface area contributed by atoms with Gasteiger partial charge in [0.2, 0.25) is 0 Å². The summed E-state index contributed by atoms with van der Waals surface area (Å²) < 4.78 is 57.9. The molecule has 4 rings (SSSR count). The summed E-state index contributed by atoms with van der Waals surface area (Å²) in [7, 11) is 0. The minimum atomic E-state index is -2.57. The third-order valence-electron chi connectivity index (χ3n) is 6.02. The highest BCUT2D eigenvalue weighted by atomic mass is 32.2. The minimum Gasteiger partial charge on any atom is -0.371 e. The summed E-state index contributed by atoms with van der Waals surface area (Å²) in [5.74, 6) is -0.993. The lowest BCUT2D eigenvalue weighted by Crippen LogP contribution is -2.49. The fourth-order valence-corrected chi connectivity index (χ4v) is 4.66. The number of hydrogen-bond donors (Lipinski definition) is 0. The molecule has 1 saturated heterocycles. The van der Waals surface area contributed by atoms with Crippen molar-refractivity contribution in [3.05, 3.63) is 83.4 Å². The molecule has 0 saturated carbocycles. The molecule has 0 N–H and O–H groups in total. The van der Waals surface area contributed by atoms with Crippen LogP contribution in [0.4, 0.5) is 23.2 Å². The van der Waals surface area contributed by atoms with E-state index in [-0.39, 0.29) is 18.3 Å². The van der Waals surface area contributed by atoms with Gasteiger partial charge in [-0.25, -0.2) is 17.6 Å². The second kappa shape index (κ2) is 11.8. The Balaban J connectivity index is 1.46. The molecule has 9 heteroatoms. The molecule has 0 bridgehead atoms. The molecule has 1 amide bonds. The van der Waals surface area contributed by atoms with Crippen LogP contribution in [0.2, 0.25) is 0 Å². The van der Waals surface area contributed by atoms with E-state index < -0.39 is 18.8 Å². The molecule has 4 nitrogen and oxygen atoms in total. The fraction of sp³-hybridized carbons (Fsp3) is 0.296. The van der Waals surface area contributed by atoms with Crippen molar-refractivity contribution in [1.29, 1.82) is 0 Å². The van der Waals surface area contributed by atoms with Crippen LogP contribution in [0.1, 0.15) is 15.9 Å². The van der Waals surface area contributed by atoms with E-state index in [2.05, 4.69) is 0 Å². The normalized spacial score (nSPS) is 13.9. The third kappa shape index (κ3) is 6.20. The highest BCUT2D eigenvalue weighted by Crippen LogP contribution is 2.30. The van der Waals surface area contributed by atoms with Crippen LogP contribution < -0.4 is 4.90 Å². The van der Waals surface area contributed by atoms with E-state index in [1.54, 1.807) is 29.2 Å². The Morgan fingerprint density at radius 2 is 1.78 bits per heavy atom. The maximum Gasteiger partial charge on any atom is 0.261 e. The number of ether oxygens (including phenoxy) is 1. The van der Waals surface area contributed by atoms with Crippen molar-refractivity contribution in [2.24, 2.45) is 0 Å². The SMILES string of the molecule is CSc1ccc(-c2cccc(F)c2)c(C(=O)N2CCN(c3ccc(COCC(F)F)cc3F)CC2)c1. The number of nitrogens with zero attached hydrogens (tertiary/aromatic N) is 2. The lowest BCUT2D eigenvalue weighted by atomic mass is 9.98. The lowest BCUT2D eigenvalue weighted by molar-refractivity contribution is 0.00982. The zero-order valence-electron chi connectivity index (χ0n) is 19.7. The summed E-state index contributed by atoms with van der Waals surface area (Å²) in [6.07, 6.45) is -0.643. The van der Waals surface area contributed by atoms with Crippen molar-refractivity contribution in [2.45, 2.75) is 17.9 Å². The number of rotatable bonds is 8. The summed E-state index contributed by atoms with van der Waals surface area (Å²) in [6, 6.07) is 16.3. The van der Waals surface area contributed by atoms with E-state index >= 15 is 0 Å². The molecule has 1 fully saturated rings. The molecule has 0 aromatic heterocycles. The van der Waals surface area contributed by atoms with E-state index in [0.717, 1.165) is 4.90 Å². The predicted molar refractivity (Wildman–Crippen MR) is 134 cm³/mol. The number of amides is 1. The highest BCUT2D eigenvalue weighted by Gasteiger charge is 2.26. The number of benzene rings is 3. The van der Waals surface area contributed by atoms with Crippen LogP contribution in [-0.2, 0) is 11.3 Å². The second-order valence-corrected chi connectivity index (χ2v) is 9.27. The predicted octanol–water partition coefficient (Wildman–Crippen LogP) is 6.10. The Kier molecular flexibility index (Phi) is 8.53. The summed E-state index contributed by atoms with van der Waals surface area (Å²) in [6.45, 7) is 0.864. The molecule has 1 aliphatic heterocycles. The molecule has 36 heavy (non-hydrogen) atoms. The van der Waals surface area contributed by atoms with Gasteiger partial charge in [-0.2, -0.15) is 0 Å². The zero-order chi connectivity index (χ0) is 25.7. The molecule has 0 radical (unpaired) electrons. The first-order valence-electron chi connectivity index (χ1n) is 11.5. The van der Waals surface area contributed by atoms with Crippen molar-refractivity contribution < 1.29 is 27.1 Å². The van der Waals surface area contributed by atoms with Gasteiger partial charge in [-0.05, 0) is 59.3 Å². The maximum absolute atomic E-state index is 14.7. The van der Waals surface area contributed by atoms with Crippen LogP contribution in [0.3, 0.4) is 0 Å². The first-order valence-corrected chi connectivity index (χ1v) is 12.7. The van der Waals surface area contributed by atoms with Crippen molar-refractivity contribution in [3.63, 3.8) is 0 Å². The average Bonchev–Trinajstić information content (AvgIpc) is 2.88. The monoisotopic (exact) mass is 518 g/mol. The summed E-state index contributed by atoms with van der Waals surface area (Å²) in [5, 5.41) is 0. The second-order valence-electron chi connectivity index (χ2n) is 8.39. The average molecular weight is 519 g/mol. The van der Waals surface area contributed by atoms with Crippen LogP contribution in [0, 0.1) is 11.6 Å². The van der Waals surface area contributed by atoms with E-state index in [1.807, 2.05) is 29.4 Å². The van der Waals surface area contributed by atoms with Crippen LogP contribution >= 0.6 is 11.8 Å². The molecule has 3 aromatic carbocycles. The van der Waals surface area contributed by atoms with Crippen LogP contribution in [0.5, 0.6) is 0 Å². The molecule has 190 valence electrons. The van der Waals surface area contributed by atoms with Gasteiger partial charge in [0, 0.05) is 36.6 Å². The van der Waals surface area contributed by atoms with E-state index in [9.17, 15) is 22.4 Å². The Morgan fingerprint density at radius 1 is 1.00 bits per heavy atom. The van der Waals surface area contributed by atoms with E-state index in [4.69, 9.17) is 4.74 Å². The van der Waals surface area contributed by atoms with Gasteiger partial charge in [0.15, 0.2) is 0 Å². The largest absolute Gasteiger partial charge is 0.371 e. The van der Waals surface area contributed by atoms with Gasteiger partial charge >= 0.3 is 0 Å². The summed E-state index contributed by atoms with van der Waals surface area (Å²) >= 11 is 1.52. The molecule has 1 heterocycles. The summed E-state index contributed by atoms with van der Waals surface area (Å²) in [5.41, 5.74) is 2.66. The molecule has 0 spiro atoms. The third-order valence-corrected chi connectivity index (χ3v) is 6.75. The maximum atomic E-state index is 14.7. The van der Waals surface area contributed by atoms with Gasteiger partial charge in [0.25, 0.3) is 12.3 Å². The number of carbonyl (C=O) groups is 1. The number of anilines is 1. The van der Waals surface area contributed by atoms with Crippen molar-refractivity contribution in [1.82, 2.24) is 4.90 Å². The molecule has 3 aromatic rings. The fourth-order valence-electron chi connectivity index (χ4n) is 4.22. The highest BCUT2D eigenvalue weighted by molar-refractivity contribution is 7.98. The first kappa shape index (κ1) is 26.0. The quantitative estimate of drug-likeness (QED) is 0.267. The number of alkyl halides is 2. The lowest BCUT2D eigenvalue weighted by Gasteiger charge is -2.36. The molecule has 1 aliphatic rings. The van der Waals surface area contributed by atoms with Gasteiger partial charge < -0.3 is 14.5 Å². The number of halogens is 4. The van der Waals surface area contributed by atoms with Crippen molar-refractivity contribution >= 4 is 23.4 Å². The smallest absolute Gasteiger partial charge is 0.261 e. The van der Waals surface area contributed by atoms with Crippen molar-refractivity contribution in [3.8, 4) is 11.1 Å². The molecule has 0 aliphatic carbocycles. The first-order chi connectivity index (χ1) is 17.4. The van der Waals surface area contributed by atoms with Gasteiger partial charge in [-0.1, -0.05) is 24.3 Å².